The van der Waals surface area contributed by atoms with Gasteiger partial charge in [-0.05, 0) is 44.4 Å². The molecule has 0 amide bonds. The van der Waals surface area contributed by atoms with Crippen LogP contribution in [0.1, 0.15) is 11.1 Å². The quantitative estimate of drug-likeness (QED) is 0.465. The monoisotopic (exact) mass is 541 g/mol. The molecule has 0 saturated carbocycles. The first-order chi connectivity index (χ1) is 12.5. The van der Waals surface area contributed by atoms with E-state index in [0.717, 1.165) is 22.6 Å². The summed E-state index contributed by atoms with van der Waals surface area (Å²) in [6.07, 6.45) is 7.33. The van der Waals surface area contributed by atoms with Crippen LogP contribution in [0.5, 0.6) is 0 Å². The third kappa shape index (κ3) is 5.49. The predicted octanol–water partition coefficient (Wildman–Crippen LogP) is 3.68. The summed E-state index contributed by atoms with van der Waals surface area (Å²) in [7, 11) is 1.93. The number of rotatable bonds is 2. The minimum absolute atomic E-state index is 0. The maximum atomic E-state index is 12.6. The van der Waals surface area contributed by atoms with E-state index in [-0.39, 0.29) is 25.9 Å². The molecular formula is C20H19FIrN5. The first-order valence-electron chi connectivity index (χ1n) is 8.12. The van der Waals surface area contributed by atoms with Crippen molar-refractivity contribution in [3.05, 3.63) is 84.8 Å². The van der Waals surface area contributed by atoms with Crippen molar-refractivity contribution in [3.8, 4) is 11.4 Å². The molecule has 2 aromatic heterocycles. The van der Waals surface area contributed by atoms with E-state index < -0.39 is 0 Å². The maximum Gasteiger partial charge on any atom is 3.00 e. The number of aryl methyl sites for hydroxylation is 2. The van der Waals surface area contributed by atoms with Gasteiger partial charge in [-0.1, -0.05) is 17.8 Å². The zero-order valence-corrected chi connectivity index (χ0v) is 17.6. The molecule has 7 heteroatoms. The minimum Gasteiger partial charge on any atom is -0.574 e. The summed E-state index contributed by atoms with van der Waals surface area (Å²) in [5.41, 5.74) is 4.91. The molecule has 0 N–H and O–H groups in total. The summed E-state index contributed by atoms with van der Waals surface area (Å²) in [5.74, 6) is -0.264. The second-order valence-corrected chi connectivity index (χ2v) is 5.97. The second kappa shape index (κ2) is 9.44. The number of hydrogen-bond acceptors (Lipinski definition) is 4. The molecule has 3 heterocycles. The Morgan fingerprint density at radius 2 is 2.00 bits per heavy atom. The number of hydrogen-bond donors (Lipinski definition) is 0. The first-order valence-corrected chi connectivity index (χ1v) is 8.12. The van der Waals surface area contributed by atoms with E-state index >= 15 is 0 Å². The van der Waals surface area contributed by atoms with E-state index in [9.17, 15) is 4.39 Å². The molecule has 0 aliphatic carbocycles. The standard InChI is InChI=1S/C10H9FN2.C10H10N3.Ir/c1-12-6-7-13(8-12)10-4-2-9(11)3-5-10;1-7-5-8(2)10(11-6-7)9-3-4-12-13-9;/h2-4,6-8H,1H3;3-6H,1-2H3;/q-2;-1;+3. The molecule has 4 rings (SSSR count). The summed E-state index contributed by atoms with van der Waals surface area (Å²) in [6, 6.07) is 11.2. The van der Waals surface area contributed by atoms with Gasteiger partial charge in [-0.15, -0.1) is 23.9 Å². The van der Waals surface area contributed by atoms with Crippen molar-refractivity contribution in [1.29, 1.82) is 0 Å². The van der Waals surface area contributed by atoms with E-state index in [4.69, 9.17) is 0 Å². The third-order valence-electron chi connectivity index (χ3n) is 3.73. The molecule has 0 radical (unpaired) electrons. The molecule has 5 nitrogen and oxygen atoms in total. The number of halogens is 1. The van der Waals surface area contributed by atoms with Crippen LogP contribution in [0.25, 0.3) is 11.4 Å². The predicted molar refractivity (Wildman–Crippen MR) is 99.2 cm³/mol. The molecule has 1 aromatic carbocycles. The van der Waals surface area contributed by atoms with E-state index in [1.807, 2.05) is 62.0 Å². The molecule has 0 spiro atoms. The summed E-state index contributed by atoms with van der Waals surface area (Å²) < 4.78 is 12.6. The molecule has 0 fully saturated rings. The van der Waals surface area contributed by atoms with Crippen LogP contribution in [0.2, 0.25) is 0 Å². The number of aromatic nitrogens is 3. The molecular weight excluding hydrogens is 521 g/mol. The SMILES string of the molecule is CN1C=CN(c2[c-]cc(F)cc2)[CH-]1.Cc1cnc(-c2ccn[n-]2)c(C)c1.[Ir+3]. The van der Waals surface area contributed by atoms with Gasteiger partial charge in [0.2, 0.25) is 0 Å². The largest absolute Gasteiger partial charge is 3.00 e. The Bertz CT molecular complexity index is 878. The van der Waals surface area contributed by atoms with Crippen molar-refractivity contribution in [1.82, 2.24) is 20.1 Å². The Kier molecular flexibility index (Phi) is 7.27. The van der Waals surface area contributed by atoms with Gasteiger partial charge >= 0.3 is 20.1 Å². The third-order valence-corrected chi connectivity index (χ3v) is 3.73. The number of nitrogens with zero attached hydrogens (tertiary/aromatic N) is 5. The fraction of sp³-hybridized carbons (Fsp3) is 0.150. The van der Waals surface area contributed by atoms with Crippen LogP contribution >= 0.6 is 0 Å². The van der Waals surface area contributed by atoms with Gasteiger partial charge in [0.05, 0.1) is 5.69 Å². The van der Waals surface area contributed by atoms with Crippen molar-refractivity contribution < 1.29 is 24.5 Å². The van der Waals surface area contributed by atoms with Crippen molar-refractivity contribution in [2.75, 3.05) is 11.9 Å². The van der Waals surface area contributed by atoms with Gasteiger partial charge in [0.15, 0.2) is 0 Å². The average Bonchev–Trinajstić information content (AvgIpc) is 3.28. The van der Waals surface area contributed by atoms with Crippen molar-refractivity contribution in [2.24, 2.45) is 0 Å². The normalized spacial score (nSPS) is 12.4. The van der Waals surface area contributed by atoms with Crippen LogP contribution in [0, 0.1) is 32.4 Å². The van der Waals surface area contributed by atoms with Gasteiger partial charge in [-0.2, -0.15) is 12.7 Å². The van der Waals surface area contributed by atoms with E-state index in [2.05, 4.69) is 27.3 Å². The summed E-state index contributed by atoms with van der Waals surface area (Å²) in [4.78, 5) is 8.11. The molecule has 140 valence electrons. The van der Waals surface area contributed by atoms with E-state index in [1.54, 1.807) is 12.3 Å². The van der Waals surface area contributed by atoms with Gasteiger partial charge in [-0.3, -0.25) is 9.37 Å². The fourth-order valence-corrected chi connectivity index (χ4v) is 2.49. The summed E-state index contributed by atoms with van der Waals surface area (Å²) >= 11 is 0. The summed E-state index contributed by atoms with van der Waals surface area (Å²) in [6.45, 7) is 5.95. The van der Waals surface area contributed by atoms with E-state index in [0.29, 0.717) is 0 Å². The molecule has 0 bridgehead atoms. The van der Waals surface area contributed by atoms with Gasteiger partial charge < -0.3 is 20.0 Å². The van der Waals surface area contributed by atoms with Gasteiger partial charge in [0.25, 0.3) is 0 Å². The van der Waals surface area contributed by atoms with Crippen LogP contribution in [0.4, 0.5) is 10.1 Å². The summed E-state index contributed by atoms with van der Waals surface area (Å²) in [5, 5.41) is 7.74. The van der Waals surface area contributed by atoms with Crippen LogP contribution < -0.4 is 10.00 Å². The van der Waals surface area contributed by atoms with Crippen molar-refractivity contribution in [3.63, 3.8) is 0 Å². The molecule has 0 atom stereocenters. The van der Waals surface area contributed by atoms with Crippen molar-refractivity contribution >= 4 is 5.69 Å². The van der Waals surface area contributed by atoms with Crippen LogP contribution in [0.15, 0.2) is 55.1 Å². The first kappa shape index (κ1) is 20.8. The van der Waals surface area contributed by atoms with Crippen LogP contribution in [-0.4, -0.2) is 22.0 Å². The minimum atomic E-state index is -0.264. The molecule has 27 heavy (non-hydrogen) atoms. The van der Waals surface area contributed by atoms with E-state index in [1.165, 1.54) is 17.7 Å². The number of benzene rings is 1. The van der Waals surface area contributed by atoms with Crippen molar-refractivity contribution in [2.45, 2.75) is 13.8 Å². The fourth-order valence-electron chi connectivity index (χ4n) is 2.49. The Morgan fingerprint density at radius 1 is 1.19 bits per heavy atom. The number of anilines is 1. The van der Waals surface area contributed by atoms with Crippen LogP contribution in [-0.2, 0) is 20.1 Å². The zero-order chi connectivity index (χ0) is 18.5. The molecule has 0 unspecified atom stereocenters. The topological polar surface area (TPSA) is 46.4 Å². The molecule has 3 aromatic rings. The Morgan fingerprint density at radius 3 is 2.56 bits per heavy atom. The number of pyridine rings is 1. The Balaban J connectivity index is 0.000000187. The average molecular weight is 541 g/mol. The molecule has 0 saturated heterocycles. The molecule has 1 aliphatic rings. The Hall–Kier alpha value is -2.50. The smallest absolute Gasteiger partial charge is 0.574 e. The zero-order valence-electron chi connectivity index (χ0n) is 15.2. The van der Waals surface area contributed by atoms with Gasteiger partial charge in [0.1, 0.15) is 0 Å². The van der Waals surface area contributed by atoms with Gasteiger partial charge in [-0.25, -0.2) is 0 Å². The van der Waals surface area contributed by atoms with Crippen LogP contribution in [0.3, 0.4) is 0 Å². The second-order valence-electron chi connectivity index (χ2n) is 5.97. The molecule has 1 aliphatic heterocycles. The maximum absolute atomic E-state index is 12.6. The van der Waals surface area contributed by atoms with Gasteiger partial charge in [0, 0.05) is 18.2 Å². The Labute approximate surface area is 172 Å².